The van der Waals surface area contributed by atoms with Crippen LogP contribution in [0.15, 0.2) is 39.6 Å². The van der Waals surface area contributed by atoms with Crippen molar-refractivity contribution < 1.29 is 13.9 Å². The maximum Gasteiger partial charge on any atom is 0.253 e. The number of carbonyl (C=O) groups excluding carboxylic acids is 1. The fourth-order valence-electron chi connectivity index (χ4n) is 3.25. The maximum atomic E-state index is 12.8. The van der Waals surface area contributed by atoms with Gasteiger partial charge >= 0.3 is 0 Å². The number of carbonyl (C=O) groups is 1. The van der Waals surface area contributed by atoms with E-state index in [0.717, 1.165) is 41.9 Å². The first-order chi connectivity index (χ1) is 14.1. The lowest BCUT2D eigenvalue weighted by molar-refractivity contribution is 0.0617. The fourth-order valence-corrected chi connectivity index (χ4v) is 3.79. The van der Waals surface area contributed by atoms with Crippen molar-refractivity contribution in [2.75, 3.05) is 26.2 Å². The lowest BCUT2D eigenvalue weighted by atomic mass is 10.1. The Bertz CT molecular complexity index is 925. The highest BCUT2D eigenvalue weighted by atomic mass is 32.1. The minimum Gasteiger partial charge on any atom is -0.487 e. The lowest BCUT2D eigenvalue weighted by Crippen LogP contribution is -2.48. The molecule has 0 N–H and O–H groups in total. The van der Waals surface area contributed by atoms with Crippen molar-refractivity contribution in [2.24, 2.45) is 0 Å². The number of hydrogen-bond donors (Lipinski definition) is 0. The van der Waals surface area contributed by atoms with Gasteiger partial charge in [-0.3, -0.25) is 9.69 Å². The van der Waals surface area contributed by atoms with Crippen molar-refractivity contribution in [1.82, 2.24) is 19.8 Å². The predicted octanol–water partition coefficient (Wildman–Crippen LogP) is 3.28. The molecule has 0 saturated carbocycles. The van der Waals surface area contributed by atoms with Crippen LogP contribution in [0.2, 0.25) is 0 Å². The first kappa shape index (κ1) is 19.6. The van der Waals surface area contributed by atoms with Crippen molar-refractivity contribution in [2.45, 2.75) is 27.0 Å². The van der Waals surface area contributed by atoms with E-state index in [2.05, 4.69) is 14.9 Å². The molecule has 1 aliphatic rings. The van der Waals surface area contributed by atoms with Crippen LogP contribution in [-0.2, 0) is 13.2 Å². The van der Waals surface area contributed by atoms with Crippen LogP contribution < -0.4 is 4.74 Å². The zero-order chi connectivity index (χ0) is 20.2. The van der Waals surface area contributed by atoms with Crippen LogP contribution in [0.3, 0.4) is 0 Å². The van der Waals surface area contributed by atoms with E-state index in [9.17, 15) is 4.79 Å². The van der Waals surface area contributed by atoms with E-state index in [1.807, 2.05) is 48.4 Å². The van der Waals surface area contributed by atoms with E-state index in [-0.39, 0.29) is 5.91 Å². The van der Waals surface area contributed by atoms with E-state index >= 15 is 0 Å². The van der Waals surface area contributed by atoms with Crippen molar-refractivity contribution in [3.8, 4) is 5.75 Å². The van der Waals surface area contributed by atoms with E-state index in [1.54, 1.807) is 16.8 Å². The van der Waals surface area contributed by atoms with Gasteiger partial charge in [0.25, 0.3) is 5.91 Å². The maximum absolute atomic E-state index is 12.8. The number of hydrogen-bond acceptors (Lipinski definition) is 7. The Morgan fingerprint density at radius 3 is 2.55 bits per heavy atom. The van der Waals surface area contributed by atoms with Gasteiger partial charge in [0.2, 0.25) is 5.89 Å². The number of nitrogens with zero attached hydrogens (tertiary/aromatic N) is 4. The van der Waals surface area contributed by atoms with Crippen LogP contribution in [0.5, 0.6) is 5.75 Å². The number of aryl methyl sites for hydroxylation is 2. The van der Waals surface area contributed by atoms with Crippen molar-refractivity contribution in [3.63, 3.8) is 0 Å². The third kappa shape index (κ3) is 4.83. The van der Waals surface area contributed by atoms with Gasteiger partial charge in [-0.25, -0.2) is 9.97 Å². The van der Waals surface area contributed by atoms with E-state index in [0.29, 0.717) is 31.8 Å². The molecular weight excluding hydrogens is 388 g/mol. The Morgan fingerprint density at radius 1 is 1.17 bits per heavy atom. The summed E-state index contributed by atoms with van der Waals surface area (Å²) < 4.78 is 11.4. The molecule has 1 fully saturated rings. The number of ether oxygens (including phenoxy) is 1. The number of thiazole rings is 1. The summed E-state index contributed by atoms with van der Waals surface area (Å²) >= 11 is 1.55. The summed E-state index contributed by atoms with van der Waals surface area (Å²) in [7, 11) is 0. The number of oxazole rings is 1. The topological polar surface area (TPSA) is 71.7 Å². The van der Waals surface area contributed by atoms with Gasteiger partial charge in [0, 0.05) is 37.1 Å². The molecule has 8 heteroatoms. The minimum atomic E-state index is 0.0542. The number of rotatable bonds is 6. The van der Waals surface area contributed by atoms with Gasteiger partial charge in [-0.2, -0.15) is 0 Å². The molecule has 1 aromatic carbocycles. The van der Waals surface area contributed by atoms with Gasteiger partial charge in [-0.1, -0.05) is 0 Å². The minimum absolute atomic E-state index is 0.0542. The molecule has 1 aliphatic heterocycles. The zero-order valence-electron chi connectivity index (χ0n) is 16.6. The van der Waals surface area contributed by atoms with Crippen LogP contribution in [-0.4, -0.2) is 51.9 Å². The third-order valence-electron chi connectivity index (χ3n) is 5.06. The van der Waals surface area contributed by atoms with Gasteiger partial charge < -0.3 is 14.1 Å². The van der Waals surface area contributed by atoms with Crippen LogP contribution in [0.1, 0.15) is 33.4 Å². The molecule has 0 atom stereocenters. The van der Waals surface area contributed by atoms with Crippen LogP contribution in [0.4, 0.5) is 0 Å². The van der Waals surface area contributed by atoms with Gasteiger partial charge in [0.15, 0.2) is 0 Å². The summed E-state index contributed by atoms with van der Waals surface area (Å²) in [4.78, 5) is 25.6. The van der Waals surface area contributed by atoms with Crippen molar-refractivity contribution in [3.05, 3.63) is 63.8 Å². The van der Waals surface area contributed by atoms with Gasteiger partial charge in [-0.05, 0) is 38.1 Å². The molecule has 0 aliphatic carbocycles. The number of benzene rings is 1. The highest BCUT2D eigenvalue weighted by Gasteiger charge is 2.23. The molecule has 1 saturated heterocycles. The van der Waals surface area contributed by atoms with Gasteiger partial charge in [0.1, 0.15) is 18.1 Å². The summed E-state index contributed by atoms with van der Waals surface area (Å²) in [5, 5.41) is 1.96. The van der Waals surface area contributed by atoms with Crippen LogP contribution in [0, 0.1) is 13.8 Å². The first-order valence-electron chi connectivity index (χ1n) is 9.63. The quantitative estimate of drug-likeness (QED) is 0.619. The summed E-state index contributed by atoms with van der Waals surface area (Å²) in [6.07, 6.45) is 0. The normalized spacial score (nSPS) is 14.9. The van der Waals surface area contributed by atoms with Crippen molar-refractivity contribution >= 4 is 17.2 Å². The second-order valence-electron chi connectivity index (χ2n) is 7.11. The molecule has 0 spiro atoms. The Kier molecular flexibility index (Phi) is 5.92. The van der Waals surface area contributed by atoms with Crippen LogP contribution in [0.25, 0.3) is 0 Å². The standard InChI is InChI=1S/C21H24N4O3S/c1-15-16(2)28-20(23-15)11-24-7-9-25(10-8-24)21(26)17-3-5-19(6-4-17)27-12-18-13-29-14-22-18/h3-6,13-14H,7-12H2,1-2H3. The van der Waals surface area contributed by atoms with E-state index in [4.69, 9.17) is 9.15 Å². The van der Waals surface area contributed by atoms with Crippen LogP contribution >= 0.6 is 11.3 Å². The molecule has 4 rings (SSSR count). The molecule has 2 aromatic heterocycles. The molecule has 0 unspecified atom stereocenters. The van der Waals surface area contributed by atoms with E-state index < -0.39 is 0 Å². The molecule has 0 bridgehead atoms. The molecule has 3 aromatic rings. The average molecular weight is 413 g/mol. The Hall–Kier alpha value is -2.71. The largest absolute Gasteiger partial charge is 0.487 e. The fraction of sp³-hybridized carbons (Fsp3) is 0.381. The van der Waals surface area contributed by atoms with E-state index in [1.165, 1.54) is 0 Å². The molecular formula is C21H24N4O3S. The first-order valence-corrected chi connectivity index (χ1v) is 10.6. The van der Waals surface area contributed by atoms with Gasteiger partial charge in [0.05, 0.1) is 23.4 Å². The summed E-state index contributed by atoms with van der Waals surface area (Å²) in [6.45, 7) is 8.00. The average Bonchev–Trinajstić information content (AvgIpc) is 3.36. The Morgan fingerprint density at radius 2 is 1.93 bits per heavy atom. The SMILES string of the molecule is Cc1nc(CN2CCN(C(=O)c3ccc(OCc4cscn4)cc3)CC2)oc1C. The molecule has 3 heterocycles. The summed E-state index contributed by atoms with van der Waals surface area (Å²) in [5.74, 6) is 2.40. The summed E-state index contributed by atoms with van der Waals surface area (Å²) in [5.41, 5.74) is 4.31. The molecule has 0 radical (unpaired) electrons. The van der Waals surface area contributed by atoms with Gasteiger partial charge in [-0.15, -0.1) is 11.3 Å². The monoisotopic (exact) mass is 412 g/mol. The second kappa shape index (κ2) is 8.75. The molecule has 29 heavy (non-hydrogen) atoms. The lowest BCUT2D eigenvalue weighted by Gasteiger charge is -2.34. The zero-order valence-corrected chi connectivity index (χ0v) is 17.4. The Balaban J connectivity index is 1.27. The second-order valence-corrected chi connectivity index (χ2v) is 7.83. The van der Waals surface area contributed by atoms with Crippen molar-refractivity contribution in [1.29, 1.82) is 0 Å². The molecule has 7 nitrogen and oxygen atoms in total. The smallest absolute Gasteiger partial charge is 0.253 e. The number of piperazine rings is 1. The highest BCUT2D eigenvalue weighted by molar-refractivity contribution is 7.07. The molecule has 152 valence electrons. The predicted molar refractivity (Wildman–Crippen MR) is 110 cm³/mol. The highest BCUT2D eigenvalue weighted by Crippen LogP contribution is 2.17. The Labute approximate surface area is 173 Å². The molecule has 1 amide bonds. The number of aromatic nitrogens is 2. The number of amides is 1. The summed E-state index contributed by atoms with van der Waals surface area (Å²) in [6, 6.07) is 7.32. The third-order valence-corrected chi connectivity index (χ3v) is 5.70.